The van der Waals surface area contributed by atoms with Crippen LogP contribution in [0.5, 0.6) is 5.75 Å². The molecule has 1 aromatic heterocycles. The fourth-order valence-corrected chi connectivity index (χ4v) is 3.99. The van der Waals surface area contributed by atoms with Crippen LogP contribution >= 0.6 is 23.2 Å². The minimum atomic E-state index is 0.109. The van der Waals surface area contributed by atoms with Gasteiger partial charge in [-0.2, -0.15) is 0 Å². The molecule has 0 aliphatic rings. The zero-order chi connectivity index (χ0) is 21.1. The van der Waals surface area contributed by atoms with E-state index < -0.39 is 0 Å². The number of imidazole rings is 1. The third-order valence-electron chi connectivity index (χ3n) is 5.03. The molecule has 0 saturated heterocycles. The largest absolute Gasteiger partial charge is 0.497 e. The molecule has 0 atom stereocenters. The van der Waals surface area contributed by atoms with Gasteiger partial charge in [0.2, 0.25) is 0 Å². The summed E-state index contributed by atoms with van der Waals surface area (Å²) in [6.45, 7) is 0. The Morgan fingerprint density at radius 2 is 1.77 bits per heavy atom. The van der Waals surface area contributed by atoms with Gasteiger partial charge in [-0.1, -0.05) is 41.4 Å². The van der Waals surface area contributed by atoms with Crippen LogP contribution in [0.25, 0.3) is 22.4 Å². The molecule has 0 unspecified atom stereocenters. The van der Waals surface area contributed by atoms with Crippen molar-refractivity contribution in [1.29, 1.82) is 0 Å². The molecule has 0 amide bonds. The topological polar surface area (TPSA) is 55.0 Å². The van der Waals surface area contributed by atoms with Crippen LogP contribution in [0.1, 0.15) is 28.8 Å². The molecule has 1 heterocycles. The number of hydrogen-bond acceptors (Lipinski definition) is 3. The van der Waals surface area contributed by atoms with Gasteiger partial charge in [0, 0.05) is 12.0 Å². The number of benzene rings is 3. The zero-order valence-electron chi connectivity index (χ0n) is 16.4. The number of nitrogens with zero attached hydrogens (tertiary/aromatic N) is 1. The van der Waals surface area contributed by atoms with Crippen molar-refractivity contribution < 1.29 is 9.53 Å². The molecule has 4 rings (SSSR count). The van der Waals surface area contributed by atoms with E-state index >= 15 is 0 Å². The molecule has 4 aromatic rings. The van der Waals surface area contributed by atoms with Crippen molar-refractivity contribution in [2.45, 2.75) is 19.3 Å². The average Bonchev–Trinajstić information content (AvgIpc) is 3.16. The Bertz CT molecular complexity index is 1180. The fourth-order valence-electron chi connectivity index (χ4n) is 3.42. The van der Waals surface area contributed by atoms with Crippen molar-refractivity contribution in [2.75, 3.05) is 7.11 Å². The Morgan fingerprint density at radius 1 is 1.03 bits per heavy atom. The van der Waals surface area contributed by atoms with E-state index in [1.807, 2.05) is 42.5 Å². The third kappa shape index (κ3) is 4.35. The molecule has 3 aromatic carbocycles. The zero-order valence-corrected chi connectivity index (χ0v) is 17.9. The second-order valence-electron chi connectivity index (χ2n) is 7.04. The maximum atomic E-state index is 12.7. The quantitative estimate of drug-likeness (QED) is 0.324. The number of carbonyl (C=O) groups excluding carboxylic acids is 1. The number of Topliss-reactive ketones (excluding diaryl/α,β-unsaturated/α-hetero) is 1. The Labute approximate surface area is 184 Å². The Balaban J connectivity index is 1.47. The Hall–Kier alpha value is -2.82. The summed E-state index contributed by atoms with van der Waals surface area (Å²) in [4.78, 5) is 20.5. The molecule has 0 spiro atoms. The molecule has 0 bridgehead atoms. The van der Waals surface area contributed by atoms with Crippen LogP contribution in [0.2, 0.25) is 10.0 Å². The number of rotatable bonds is 7. The first-order chi connectivity index (χ1) is 14.5. The highest BCUT2D eigenvalue weighted by Crippen LogP contribution is 2.34. The molecule has 0 aliphatic heterocycles. The summed E-state index contributed by atoms with van der Waals surface area (Å²) in [6, 6.07) is 18.8. The lowest BCUT2D eigenvalue weighted by Gasteiger charge is -2.04. The maximum absolute atomic E-state index is 12.7. The highest BCUT2D eigenvalue weighted by Gasteiger charge is 2.14. The van der Waals surface area contributed by atoms with Gasteiger partial charge in [-0.25, -0.2) is 4.98 Å². The molecular formula is C24H20Cl2N2O2. The second-order valence-corrected chi connectivity index (χ2v) is 7.85. The van der Waals surface area contributed by atoms with Gasteiger partial charge in [0.25, 0.3) is 0 Å². The summed E-state index contributed by atoms with van der Waals surface area (Å²) in [6.07, 6.45) is 2.11. The van der Waals surface area contributed by atoms with Crippen LogP contribution in [0.3, 0.4) is 0 Å². The summed E-state index contributed by atoms with van der Waals surface area (Å²) in [5.74, 6) is 1.53. The molecule has 30 heavy (non-hydrogen) atoms. The first-order valence-electron chi connectivity index (χ1n) is 9.65. The van der Waals surface area contributed by atoms with Crippen molar-refractivity contribution in [2.24, 2.45) is 0 Å². The molecule has 0 aliphatic carbocycles. The minimum Gasteiger partial charge on any atom is -0.497 e. The summed E-state index contributed by atoms with van der Waals surface area (Å²) in [5.41, 5.74) is 4.05. The van der Waals surface area contributed by atoms with E-state index in [1.165, 1.54) is 5.56 Å². The molecule has 1 N–H and O–H groups in total. The summed E-state index contributed by atoms with van der Waals surface area (Å²) in [5, 5.41) is 1.05. The van der Waals surface area contributed by atoms with Gasteiger partial charge in [-0.15, -0.1) is 0 Å². The van der Waals surface area contributed by atoms with Gasteiger partial charge in [0.15, 0.2) is 5.78 Å². The van der Waals surface area contributed by atoms with Crippen LogP contribution < -0.4 is 4.74 Å². The van der Waals surface area contributed by atoms with Crippen molar-refractivity contribution in [3.05, 3.63) is 81.8 Å². The number of ether oxygens (including phenoxy) is 1. The van der Waals surface area contributed by atoms with E-state index in [4.69, 9.17) is 27.9 Å². The van der Waals surface area contributed by atoms with E-state index in [-0.39, 0.29) is 5.78 Å². The Kier molecular flexibility index (Phi) is 6.07. The van der Waals surface area contributed by atoms with Crippen LogP contribution in [0, 0.1) is 0 Å². The molecule has 0 radical (unpaired) electrons. The molecule has 152 valence electrons. The maximum Gasteiger partial charge on any atom is 0.162 e. The van der Waals surface area contributed by atoms with E-state index in [9.17, 15) is 4.79 Å². The van der Waals surface area contributed by atoms with Crippen LogP contribution in [-0.4, -0.2) is 22.9 Å². The average molecular weight is 439 g/mol. The lowest BCUT2D eigenvalue weighted by Crippen LogP contribution is -2.00. The molecule has 4 nitrogen and oxygen atoms in total. The van der Waals surface area contributed by atoms with Gasteiger partial charge < -0.3 is 9.72 Å². The monoisotopic (exact) mass is 438 g/mol. The number of aromatic amines is 1. The lowest BCUT2D eigenvalue weighted by atomic mass is 10.0. The van der Waals surface area contributed by atoms with Crippen molar-refractivity contribution in [3.8, 4) is 17.1 Å². The van der Waals surface area contributed by atoms with E-state index in [0.29, 0.717) is 33.4 Å². The molecule has 6 heteroatoms. The Morgan fingerprint density at radius 3 is 2.47 bits per heavy atom. The van der Waals surface area contributed by atoms with E-state index in [1.54, 1.807) is 25.3 Å². The minimum absolute atomic E-state index is 0.109. The number of nitrogens with one attached hydrogen (secondary N) is 1. The second kappa shape index (κ2) is 8.90. The number of H-pyrrole nitrogens is 1. The number of hydrogen-bond donors (Lipinski definition) is 1. The number of aromatic nitrogens is 2. The number of aryl methyl sites for hydroxylation is 1. The van der Waals surface area contributed by atoms with Gasteiger partial charge in [0.05, 0.1) is 33.8 Å². The summed E-state index contributed by atoms with van der Waals surface area (Å²) in [7, 11) is 1.65. The SMILES string of the molecule is COc1ccc(CCCC(=O)c2ccc3nc(-c4c(Cl)cccc4Cl)[nH]c3c2)cc1. The van der Waals surface area contributed by atoms with Crippen molar-refractivity contribution >= 4 is 40.0 Å². The van der Waals surface area contributed by atoms with Gasteiger partial charge in [-0.3, -0.25) is 4.79 Å². The first-order valence-corrected chi connectivity index (χ1v) is 10.4. The van der Waals surface area contributed by atoms with E-state index in [2.05, 4.69) is 9.97 Å². The summed E-state index contributed by atoms with van der Waals surface area (Å²) >= 11 is 12.6. The highest BCUT2D eigenvalue weighted by atomic mass is 35.5. The van der Waals surface area contributed by atoms with E-state index in [0.717, 1.165) is 29.6 Å². The third-order valence-corrected chi connectivity index (χ3v) is 5.66. The number of methoxy groups -OCH3 is 1. The lowest BCUT2D eigenvalue weighted by molar-refractivity contribution is 0.0980. The fraction of sp³-hybridized carbons (Fsp3) is 0.167. The predicted molar refractivity (Wildman–Crippen MR) is 122 cm³/mol. The van der Waals surface area contributed by atoms with Crippen molar-refractivity contribution in [1.82, 2.24) is 9.97 Å². The number of ketones is 1. The smallest absolute Gasteiger partial charge is 0.162 e. The van der Waals surface area contributed by atoms with Crippen LogP contribution in [0.4, 0.5) is 0 Å². The number of fused-ring (bicyclic) bond motifs is 1. The number of carbonyl (C=O) groups is 1. The summed E-state index contributed by atoms with van der Waals surface area (Å²) < 4.78 is 5.17. The molecule has 0 saturated carbocycles. The predicted octanol–water partition coefficient (Wildman–Crippen LogP) is 6.75. The molecule has 0 fully saturated rings. The highest BCUT2D eigenvalue weighted by molar-refractivity contribution is 6.39. The van der Waals surface area contributed by atoms with Gasteiger partial charge in [0.1, 0.15) is 11.6 Å². The normalized spacial score (nSPS) is 11.0. The van der Waals surface area contributed by atoms with Gasteiger partial charge in [-0.05, 0) is 60.9 Å². The molecular weight excluding hydrogens is 419 g/mol. The number of halogens is 2. The van der Waals surface area contributed by atoms with Crippen LogP contribution in [-0.2, 0) is 6.42 Å². The first kappa shape index (κ1) is 20.5. The van der Waals surface area contributed by atoms with Gasteiger partial charge >= 0.3 is 0 Å². The standard InChI is InChI=1S/C24H20Cl2N2O2/c1-30-17-11-8-15(9-12-17)4-2-7-22(29)16-10-13-20-21(14-16)28-24(27-20)23-18(25)5-3-6-19(23)26/h3,5-6,8-14H,2,4,7H2,1H3,(H,27,28). The van der Waals surface area contributed by atoms with Crippen molar-refractivity contribution in [3.63, 3.8) is 0 Å². The van der Waals surface area contributed by atoms with Crippen LogP contribution in [0.15, 0.2) is 60.7 Å².